The molecule has 1 aliphatic heterocycles. The van der Waals surface area contributed by atoms with Crippen molar-refractivity contribution in [1.82, 2.24) is 9.62 Å². The van der Waals surface area contributed by atoms with Crippen LogP contribution >= 0.6 is 0 Å². The van der Waals surface area contributed by atoms with Gasteiger partial charge in [0, 0.05) is 18.0 Å². The van der Waals surface area contributed by atoms with E-state index in [0.717, 1.165) is 12.3 Å². The number of benzene rings is 2. The summed E-state index contributed by atoms with van der Waals surface area (Å²) in [6.45, 7) is -0.412. The molecule has 11 heteroatoms. The Bertz CT molecular complexity index is 1210. The predicted octanol–water partition coefficient (Wildman–Crippen LogP) is 1.34. The van der Waals surface area contributed by atoms with Crippen molar-refractivity contribution in [3.63, 3.8) is 0 Å². The van der Waals surface area contributed by atoms with E-state index in [0.29, 0.717) is 0 Å². The predicted molar refractivity (Wildman–Crippen MR) is 114 cm³/mol. The monoisotopic (exact) mass is 482 g/mol. The number of sulfonamides is 1. The van der Waals surface area contributed by atoms with Crippen LogP contribution in [-0.2, 0) is 27.5 Å². The Morgan fingerprint density at radius 1 is 1.12 bits per heavy atom. The first-order valence-corrected chi connectivity index (χ1v) is 11.7. The molecule has 0 radical (unpaired) electrons. The topological polar surface area (TPSA) is 107 Å². The van der Waals surface area contributed by atoms with Crippen molar-refractivity contribution in [3.8, 4) is 23.0 Å². The molecular weight excluding hydrogens is 461 g/mol. The van der Waals surface area contributed by atoms with Crippen LogP contribution in [0.3, 0.4) is 0 Å². The van der Waals surface area contributed by atoms with Gasteiger partial charge < -0.3 is 15.1 Å². The molecule has 7 nitrogen and oxygen atoms in total. The molecule has 3 N–H and O–H groups in total. The van der Waals surface area contributed by atoms with Gasteiger partial charge >= 0.3 is 6.18 Å². The number of halogens is 3. The number of hydrogen-bond donors (Lipinski definition) is 3. The Morgan fingerprint density at radius 3 is 2.36 bits per heavy atom. The zero-order valence-corrected chi connectivity index (χ0v) is 18.2. The summed E-state index contributed by atoms with van der Waals surface area (Å²) < 4.78 is 66.0. The quantitative estimate of drug-likeness (QED) is 0.571. The number of carbonyl (C=O) groups is 1. The van der Waals surface area contributed by atoms with E-state index < -0.39 is 39.9 Å². The van der Waals surface area contributed by atoms with Crippen LogP contribution in [-0.4, -0.2) is 61.0 Å². The third-order valence-electron chi connectivity index (χ3n) is 5.01. The fourth-order valence-electron chi connectivity index (χ4n) is 3.39. The number of β-amino-alcohol motifs (C(OH)–C–C–N with tert-alkyl or cyclic N) is 2. The normalized spacial score (nSPS) is 18.7. The Morgan fingerprint density at radius 2 is 1.76 bits per heavy atom. The maximum atomic E-state index is 13.5. The van der Waals surface area contributed by atoms with Crippen molar-refractivity contribution in [2.45, 2.75) is 24.9 Å². The number of nitrogens with one attached hydrogen (secondary N) is 1. The lowest BCUT2D eigenvalue weighted by atomic mass is 9.93. The van der Waals surface area contributed by atoms with E-state index in [1.165, 1.54) is 41.3 Å². The van der Waals surface area contributed by atoms with Crippen LogP contribution in [0, 0.1) is 11.8 Å². The Balaban J connectivity index is 1.98. The Labute approximate surface area is 188 Å². The second-order valence-electron chi connectivity index (χ2n) is 7.60. The largest absolute Gasteiger partial charge is 0.417 e. The summed E-state index contributed by atoms with van der Waals surface area (Å²) in [5.41, 5.74) is -0.302. The minimum atomic E-state index is -4.62. The summed E-state index contributed by atoms with van der Waals surface area (Å²) in [6, 6.07) is 9.17. The van der Waals surface area contributed by atoms with E-state index in [1.807, 2.05) is 0 Å². The molecule has 1 heterocycles. The molecule has 0 aromatic heterocycles. The van der Waals surface area contributed by atoms with Crippen LogP contribution in [0.1, 0.15) is 16.7 Å². The molecule has 2 aromatic rings. The zero-order chi connectivity index (χ0) is 24.4. The lowest BCUT2D eigenvalue weighted by Gasteiger charge is -2.16. The molecule has 1 aliphatic rings. The highest BCUT2D eigenvalue weighted by atomic mass is 32.2. The van der Waals surface area contributed by atoms with Gasteiger partial charge in [0.1, 0.15) is 0 Å². The number of likely N-dealkylation sites (tertiary alicyclic amines) is 1. The van der Waals surface area contributed by atoms with Gasteiger partial charge in [-0.15, -0.1) is 0 Å². The summed E-state index contributed by atoms with van der Waals surface area (Å²) in [7, 11) is -3.64. The van der Waals surface area contributed by atoms with Gasteiger partial charge in [-0.3, -0.25) is 4.79 Å². The summed E-state index contributed by atoms with van der Waals surface area (Å²) in [6.07, 6.45) is -5.80. The number of aliphatic hydroxyl groups excluding tert-OH is 2. The lowest BCUT2D eigenvalue weighted by molar-refractivity contribution is -0.137. The molecule has 0 spiro atoms. The fourth-order valence-corrected chi connectivity index (χ4v) is 3.81. The fraction of sp³-hybridized carbons (Fsp3) is 0.318. The maximum Gasteiger partial charge on any atom is 0.417 e. The van der Waals surface area contributed by atoms with Crippen LogP contribution in [0.4, 0.5) is 13.2 Å². The summed E-state index contributed by atoms with van der Waals surface area (Å²) >= 11 is 0. The van der Waals surface area contributed by atoms with Crippen LogP contribution in [0.2, 0.25) is 0 Å². The average Bonchev–Trinajstić information content (AvgIpc) is 3.08. The third kappa shape index (κ3) is 6.33. The summed E-state index contributed by atoms with van der Waals surface area (Å²) in [5, 5.41) is 19.1. The van der Waals surface area contributed by atoms with E-state index in [2.05, 4.69) is 16.6 Å². The molecule has 1 fully saturated rings. The number of nitrogens with zero attached hydrogens (tertiary/aromatic N) is 1. The number of hydrogen-bond acceptors (Lipinski definition) is 5. The van der Waals surface area contributed by atoms with Gasteiger partial charge in [0.25, 0.3) is 5.91 Å². The van der Waals surface area contributed by atoms with Gasteiger partial charge in [-0.05, 0) is 34.9 Å². The van der Waals surface area contributed by atoms with Crippen LogP contribution in [0.5, 0.6) is 0 Å². The van der Waals surface area contributed by atoms with Gasteiger partial charge in [0.05, 0.1) is 37.1 Å². The molecule has 0 saturated carbocycles. The first-order chi connectivity index (χ1) is 15.3. The highest BCUT2D eigenvalue weighted by molar-refractivity contribution is 7.88. The second kappa shape index (κ2) is 9.52. The van der Waals surface area contributed by atoms with Crippen LogP contribution < -0.4 is 4.72 Å². The molecule has 176 valence electrons. The molecule has 0 aliphatic carbocycles. The van der Waals surface area contributed by atoms with Crippen molar-refractivity contribution in [3.05, 3.63) is 59.2 Å². The minimum absolute atomic E-state index is 0.0641. The SMILES string of the molecule is CS(=O)(=O)NCc1cc(C#CC(=O)N2C[C@@H](O)[C@@H](O)C2)ccc1-c1ccccc1C(F)(F)F. The van der Waals surface area contributed by atoms with Crippen molar-refractivity contribution < 1.29 is 36.6 Å². The Hall–Kier alpha value is -2.91. The molecule has 0 bridgehead atoms. The second-order valence-corrected chi connectivity index (χ2v) is 9.44. The smallest absolute Gasteiger partial charge is 0.388 e. The van der Waals surface area contributed by atoms with Gasteiger partial charge in [-0.25, -0.2) is 13.1 Å². The van der Waals surface area contributed by atoms with Gasteiger partial charge in [-0.1, -0.05) is 30.2 Å². The lowest BCUT2D eigenvalue weighted by Crippen LogP contribution is -2.28. The number of rotatable bonds is 4. The summed E-state index contributed by atoms with van der Waals surface area (Å²) in [4.78, 5) is 13.4. The van der Waals surface area contributed by atoms with E-state index in [-0.39, 0.29) is 41.9 Å². The first kappa shape index (κ1) is 24.7. The highest BCUT2D eigenvalue weighted by Gasteiger charge is 2.34. The molecule has 1 amide bonds. The van der Waals surface area contributed by atoms with Crippen LogP contribution in [0.15, 0.2) is 42.5 Å². The first-order valence-electron chi connectivity index (χ1n) is 9.76. The summed E-state index contributed by atoms with van der Waals surface area (Å²) in [5.74, 6) is 4.35. The van der Waals surface area contributed by atoms with E-state index in [4.69, 9.17) is 0 Å². The zero-order valence-electron chi connectivity index (χ0n) is 17.4. The van der Waals surface area contributed by atoms with Gasteiger partial charge in [-0.2, -0.15) is 13.2 Å². The standard InChI is InChI=1S/C22H21F3N2O5S/c1-33(31,32)26-11-15-10-14(7-9-21(30)27-12-19(28)20(29)13-27)6-8-16(15)17-4-2-3-5-18(17)22(23,24)25/h2-6,8,10,19-20,26,28-29H,11-13H2,1H3/t19-,20+. The van der Waals surface area contributed by atoms with Gasteiger partial charge in [0.15, 0.2) is 0 Å². The van der Waals surface area contributed by atoms with Crippen molar-refractivity contribution in [1.29, 1.82) is 0 Å². The van der Waals surface area contributed by atoms with E-state index in [1.54, 1.807) is 0 Å². The molecular formula is C22H21F3N2O5S. The third-order valence-corrected chi connectivity index (χ3v) is 5.68. The van der Waals surface area contributed by atoms with Crippen molar-refractivity contribution in [2.75, 3.05) is 19.3 Å². The van der Waals surface area contributed by atoms with Crippen molar-refractivity contribution >= 4 is 15.9 Å². The molecule has 0 unspecified atom stereocenters. The number of amides is 1. The number of alkyl halides is 3. The highest BCUT2D eigenvalue weighted by Crippen LogP contribution is 2.38. The maximum absolute atomic E-state index is 13.5. The Kier molecular flexibility index (Phi) is 7.14. The van der Waals surface area contributed by atoms with E-state index in [9.17, 15) is 36.6 Å². The molecule has 2 aromatic carbocycles. The number of carbonyl (C=O) groups excluding carboxylic acids is 1. The van der Waals surface area contributed by atoms with E-state index >= 15 is 0 Å². The molecule has 33 heavy (non-hydrogen) atoms. The number of aliphatic hydroxyl groups is 2. The van der Waals surface area contributed by atoms with Gasteiger partial charge in [0.2, 0.25) is 10.0 Å². The minimum Gasteiger partial charge on any atom is -0.388 e. The average molecular weight is 482 g/mol. The van der Waals surface area contributed by atoms with Crippen molar-refractivity contribution in [2.24, 2.45) is 0 Å². The molecule has 2 atom stereocenters. The molecule has 3 rings (SSSR count). The van der Waals surface area contributed by atoms with Crippen LogP contribution in [0.25, 0.3) is 11.1 Å². The molecule has 1 saturated heterocycles.